The molecule has 1 aliphatic heterocycles. The van der Waals surface area contributed by atoms with Crippen molar-refractivity contribution in [2.75, 3.05) is 31.6 Å². The number of carbonyl (C=O) groups is 1. The zero-order valence-electron chi connectivity index (χ0n) is 18.2. The second-order valence-electron chi connectivity index (χ2n) is 7.52. The Hall–Kier alpha value is -3.13. The minimum absolute atomic E-state index is 0.180. The number of rotatable bonds is 6. The number of hydrogen-bond acceptors (Lipinski definition) is 6. The van der Waals surface area contributed by atoms with Crippen LogP contribution in [-0.2, 0) is 19.6 Å². The van der Waals surface area contributed by atoms with Gasteiger partial charge in [-0.2, -0.15) is 9.57 Å². The molecule has 1 aromatic heterocycles. The van der Waals surface area contributed by atoms with Crippen molar-refractivity contribution in [3.63, 3.8) is 0 Å². The molecule has 0 bridgehead atoms. The number of nitrogens with zero attached hydrogens (tertiary/aromatic N) is 2. The Morgan fingerprint density at radius 2 is 1.69 bits per heavy atom. The minimum Gasteiger partial charge on any atom is -0.457 e. The molecule has 11 heteroatoms. The number of carbonyl (C=O) groups excluding carboxylic acids is 1. The molecule has 0 unspecified atom stereocenters. The van der Waals surface area contributed by atoms with E-state index < -0.39 is 15.9 Å². The normalized spacial score (nSPS) is 14.9. The SMILES string of the molecule is N#C/C(=C/c1ccc(-c2ccc(S(=O)(=O)N3CCOCC3)cc2)o1)C(=O)Nc1cc(Cl)cc(Cl)c1. The van der Waals surface area contributed by atoms with Crippen molar-refractivity contribution in [3.8, 4) is 17.4 Å². The largest absolute Gasteiger partial charge is 0.457 e. The van der Waals surface area contributed by atoms with Gasteiger partial charge >= 0.3 is 0 Å². The predicted octanol–water partition coefficient (Wildman–Crippen LogP) is 4.82. The number of halogens is 2. The molecule has 4 rings (SSSR count). The van der Waals surface area contributed by atoms with Crippen LogP contribution in [0.15, 0.2) is 69.5 Å². The summed E-state index contributed by atoms with van der Waals surface area (Å²) >= 11 is 11.9. The fourth-order valence-corrected chi connectivity index (χ4v) is 5.36. The standard InChI is InChI=1S/C24H19Cl2N3O5S/c25-18-12-19(26)14-20(13-18)28-24(30)17(15-27)11-21-3-6-23(34-21)16-1-4-22(5-2-16)35(31,32)29-7-9-33-10-8-29/h1-6,11-14H,7-10H2,(H,28,30)/b17-11-. The van der Waals surface area contributed by atoms with Gasteiger partial charge in [-0.05, 0) is 54.6 Å². The number of anilines is 1. The van der Waals surface area contributed by atoms with Gasteiger partial charge in [-0.3, -0.25) is 4.79 Å². The molecule has 1 N–H and O–H groups in total. The monoisotopic (exact) mass is 531 g/mol. The summed E-state index contributed by atoms with van der Waals surface area (Å²) < 4.78 is 37.9. The fraction of sp³-hybridized carbons (Fsp3) is 0.167. The molecule has 0 atom stereocenters. The molecule has 0 saturated carbocycles. The van der Waals surface area contributed by atoms with Crippen LogP contribution in [0.25, 0.3) is 17.4 Å². The Labute approximate surface area is 212 Å². The maximum atomic E-state index is 12.8. The molecule has 0 aliphatic carbocycles. The first-order chi connectivity index (χ1) is 16.8. The van der Waals surface area contributed by atoms with E-state index in [-0.39, 0.29) is 16.2 Å². The van der Waals surface area contributed by atoms with E-state index in [4.69, 9.17) is 32.4 Å². The Morgan fingerprint density at radius 1 is 1.03 bits per heavy atom. The summed E-state index contributed by atoms with van der Waals surface area (Å²) in [6, 6.07) is 16.0. The van der Waals surface area contributed by atoms with Crippen molar-refractivity contribution in [2.24, 2.45) is 0 Å². The summed E-state index contributed by atoms with van der Waals surface area (Å²) in [5.41, 5.74) is 0.803. The first-order valence-corrected chi connectivity index (χ1v) is 12.6. The summed E-state index contributed by atoms with van der Waals surface area (Å²) in [5, 5.41) is 12.7. The van der Waals surface area contributed by atoms with Crippen LogP contribution in [0, 0.1) is 11.3 Å². The fourth-order valence-electron chi connectivity index (χ4n) is 3.43. The van der Waals surface area contributed by atoms with Crippen molar-refractivity contribution >= 4 is 50.9 Å². The molecule has 2 heterocycles. The van der Waals surface area contributed by atoms with Crippen LogP contribution in [0.4, 0.5) is 5.69 Å². The van der Waals surface area contributed by atoms with E-state index in [9.17, 15) is 18.5 Å². The van der Waals surface area contributed by atoms with Crippen molar-refractivity contribution in [1.82, 2.24) is 4.31 Å². The van der Waals surface area contributed by atoms with E-state index in [1.54, 1.807) is 24.3 Å². The number of ether oxygens (including phenoxy) is 1. The molecule has 1 fully saturated rings. The number of nitriles is 1. The molecule has 1 saturated heterocycles. The van der Waals surface area contributed by atoms with Crippen LogP contribution in [0.1, 0.15) is 5.76 Å². The van der Waals surface area contributed by atoms with E-state index in [2.05, 4.69) is 5.32 Å². The number of amides is 1. The molecular weight excluding hydrogens is 513 g/mol. The molecule has 1 amide bonds. The molecule has 0 spiro atoms. The van der Waals surface area contributed by atoms with Crippen LogP contribution in [0.2, 0.25) is 10.0 Å². The summed E-state index contributed by atoms with van der Waals surface area (Å²) in [5.74, 6) is 0.0770. The first kappa shape index (κ1) is 25.0. The lowest BCUT2D eigenvalue weighted by molar-refractivity contribution is -0.112. The average Bonchev–Trinajstić information content (AvgIpc) is 3.31. The van der Waals surface area contributed by atoms with Crippen LogP contribution < -0.4 is 5.32 Å². The summed E-state index contributed by atoms with van der Waals surface area (Å²) in [6.45, 7) is 1.37. The second-order valence-corrected chi connectivity index (χ2v) is 10.3. The van der Waals surface area contributed by atoms with E-state index in [0.717, 1.165) is 0 Å². The second kappa shape index (κ2) is 10.6. The molecule has 3 aromatic rings. The lowest BCUT2D eigenvalue weighted by Gasteiger charge is -2.26. The topological polar surface area (TPSA) is 113 Å². The van der Waals surface area contributed by atoms with Gasteiger partial charge in [-0.15, -0.1) is 0 Å². The van der Waals surface area contributed by atoms with Crippen LogP contribution in [0.5, 0.6) is 0 Å². The Bertz CT molecular complexity index is 1400. The van der Waals surface area contributed by atoms with Gasteiger partial charge in [0.25, 0.3) is 5.91 Å². The zero-order chi connectivity index (χ0) is 25.0. The highest BCUT2D eigenvalue weighted by molar-refractivity contribution is 7.89. The van der Waals surface area contributed by atoms with Gasteiger partial charge in [0, 0.05) is 40.5 Å². The van der Waals surface area contributed by atoms with Crippen molar-refractivity contribution in [1.29, 1.82) is 5.26 Å². The molecular formula is C24H19Cl2N3O5S. The van der Waals surface area contributed by atoms with E-state index >= 15 is 0 Å². The van der Waals surface area contributed by atoms with Gasteiger partial charge in [0.05, 0.1) is 18.1 Å². The van der Waals surface area contributed by atoms with Gasteiger partial charge in [0.15, 0.2) is 0 Å². The van der Waals surface area contributed by atoms with Gasteiger partial charge < -0.3 is 14.5 Å². The van der Waals surface area contributed by atoms with Crippen molar-refractivity contribution in [2.45, 2.75) is 4.90 Å². The predicted molar refractivity (Wildman–Crippen MR) is 132 cm³/mol. The smallest absolute Gasteiger partial charge is 0.266 e. The number of morpholine rings is 1. The lowest BCUT2D eigenvalue weighted by atomic mass is 10.2. The summed E-state index contributed by atoms with van der Waals surface area (Å²) in [4.78, 5) is 12.7. The highest BCUT2D eigenvalue weighted by atomic mass is 35.5. The molecule has 8 nitrogen and oxygen atoms in total. The highest BCUT2D eigenvalue weighted by Crippen LogP contribution is 2.27. The van der Waals surface area contributed by atoms with E-state index in [0.29, 0.717) is 53.4 Å². The molecule has 180 valence electrons. The van der Waals surface area contributed by atoms with Gasteiger partial charge in [0.2, 0.25) is 10.0 Å². The van der Waals surface area contributed by atoms with Crippen molar-refractivity contribution in [3.05, 3.63) is 76.0 Å². The Morgan fingerprint density at radius 3 is 2.31 bits per heavy atom. The van der Waals surface area contributed by atoms with Crippen LogP contribution >= 0.6 is 23.2 Å². The van der Waals surface area contributed by atoms with Gasteiger partial charge in [0.1, 0.15) is 23.2 Å². The van der Waals surface area contributed by atoms with Gasteiger partial charge in [-0.25, -0.2) is 8.42 Å². The average molecular weight is 532 g/mol. The van der Waals surface area contributed by atoms with Crippen LogP contribution in [-0.4, -0.2) is 44.9 Å². The molecule has 0 radical (unpaired) electrons. The maximum absolute atomic E-state index is 12.8. The van der Waals surface area contributed by atoms with Crippen LogP contribution in [0.3, 0.4) is 0 Å². The molecule has 35 heavy (non-hydrogen) atoms. The number of sulfonamides is 1. The Balaban J connectivity index is 1.49. The first-order valence-electron chi connectivity index (χ1n) is 10.4. The number of furan rings is 1. The maximum Gasteiger partial charge on any atom is 0.266 e. The quantitative estimate of drug-likeness (QED) is 0.360. The lowest BCUT2D eigenvalue weighted by Crippen LogP contribution is -2.40. The third kappa shape index (κ3) is 5.93. The zero-order valence-corrected chi connectivity index (χ0v) is 20.5. The summed E-state index contributed by atoms with van der Waals surface area (Å²) in [7, 11) is -3.60. The third-order valence-electron chi connectivity index (χ3n) is 5.15. The Kier molecular flexibility index (Phi) is 7.60. The number of nitrogens with one attached hydrogen (secondary N) is 1. The van der Waals surface area contributed by atoms with E-state index in [1.807, 2.05) is 6.07 Å². The summed E-state index contributed by atoms with van der Waals surface area (Å²) in [6.07, 6.45) is 1.31. The minimum atomic E-state index is -3.60. The van der Waals surface area contributed by atoms with Gasteiger partial charge in [-0.1, -0.05) is 23.2 Å². The molecule has 2 aromatic carbocycles. The number of benzene rings is 2. The number of hydrogen-bond donors (Lipinski definition) is 1. The third-order valence-corrected chi connectivity index (χ3v) is 7.49. The highest BCUT2D eigenvalue weighted by Gasteiger charge is 2.26. The van der Waals surface area contributed by atoms with Crippen molar-refractivity contribution < 1.29 is 22.4 Å². The van der Waals surface area contributed by atoms with E-state index in [1.165, 1.54) is 40.7 Å². The molecule has 1 aliphatic rings.